The van der Waals surface area contributed by atoms with E-state index in [1.54, 1.807) is 9.80 Å². The molecule has 4 N–H and O–H groups in total. The van der Waals surface area contributed by atoms with E-state index in [9.17, 15) is 19.2 Å². The summed E-state index contributed by atoms with van der Waals surface area (Å²) in [7, 11) is 0. The van der Waals surface area contributed by atoms with Crippen molar-refractivity contribution in [1.82, 2.24) is 31.1 Å². The average Bonchev–Trinajstić information content (AvgIpc) is 3.30. The van der Waals surface area contributed by atoms with Gasteiger partial charge in [0.15, 0.2) is 0 Å². The Balaban J connectivity index is 1.14. The third kappa shape index (κ3) is 21.9. The summed E-state index contributed by atoms with van der Waals surface area (Å²) in [5.41, 5.74) is 3.61. The van der Waals surface area contributed by atoms with E-state index in [1.165, 1.54) is 22.3 Å². The number of hydrogen-bond donors (Lipinski definition) is 4. The van der Waals surface area contributed by atoms with Crippen molar-refractivity contribution in [2.75, 3.05) is 52.4 Å². The topological polar surface area (TPSA) is 141 Å². The van der Waals surface area contributed by atoms with Crippen LogP contribution in [0, 0.1) is 0 Å². The monoisotopic (exact) mass is 919 g/mol. The van der Waals surface area contributed by atoms with Gasteiger partial charge in [0.1, 0.15) is 11.2 Å². The molecule has 6 amide bonds. The molecule has 12 nitrogen and oxygen atoms in total. The predicted octanol–water partition coefficient (Wildman–Crippen LogP) is 11.2. The van der Waals surface area contributed by atoms with Crippen LogP contribution < -0.4 is 21.3 Å². The second kappa shape index (κ2) is 28.9. The molecule has 0 aliphatic heterocycles. The number of rotatable bonds is 26. The Hall–Kier alpha value is -6.04. The number of carbonyl (C=O) groups excluding carboxylic acids is 4. The zero-order chi connectivity index (χ0) is 48.3. The van der Waals surface area contributed by atoms with Crippen LogP contribution in [-0.2, 0) is 9.47 Å². The van der Waals surface area contributed by atoms with E-state index in [2.05, 4.69) is 69.8 Å². The number of nitrogens with zero attached hydrogens (tertiary/aromatic N) is 2. The van der Waals surface area contributed by atoms with Crippen molar-refractivity contribution in [3.05, 3.63) is 144 Å². The lowest BCUT2D eigenvalue weighted by atomic mass is 9.88. The second-order valence-corrected chi connectivity index (χ2v) is 19.1. The molecule has 0 atom stereocenters. The maximum atomic E-state index is 13.2. The van der Waals surface area contributed by atoms with Gasteiger partial charge >= 0.3 is 24.2 Å². The molecule has 0 saturated heterocycles. The lowest BCUT2D eigenvalue weighted by Gasteiger charge is -2.28. The molecule has 0 spiro atoms. The molecule has 4 aromatic carbocycles. The largest absolute Gasteiger partial charge is 0.444 e. The number of unbranched alkanes of at least 4 members (excludes halogenated alkanes) is 4. The number of carbonyl (C=O) groups is 4. The highest BCUT2D eigenvalue weighted by atomic mass is 16.6. The summed E-state index contributed by atoms with van der Waals surface area (Å²) < 4.78 is 11.5. The van der Waals surface area contributed by atoms with Gasteiger partial charge in [-0.3, -0.25) is 0 Å². The van der Waals surface area contributed by atoms with E-state index in [-0.39, 0.29) is 36.1 Å². The Kier molecular flexibility index (Phi) is 23.1. The first-order valence-electron chi connectivity index (χ1n) is 24.4. The molecule has 364 valence electrons. The van der Waals surface area contributed by atoms with Crippen LogP contribution in [-0.4, -0.2) is 97.6 Å². The Morgan fingerprint density at radius 1 is 0.403 bits per heavy atom. The van der Waals surface area contributed by atoms with Crippen molar-refractivity contribution in [3.8, 4) is 0 Å². The van der Waals surface area contributed by atoms with Crippen LogP contribution in [0.25, 0.3) is 0 Å². The lowest BCUT2D eigenvalue weighted by Crippen LogP contribution is -2.40. The minimum Gasteiger partial charge on any atom is -0.444 e. The molecule has 0 aliphatic rings. The molecule has 12 heteroatoms. The van der Waals surface area contributed by atoms with Gasteiger partial charge in [-0.05, 0) is 102 Å². The van der Waals surface area contributed by atoms with Gasteiger partial charge in [-0.1, -0.05) is 141 Å². The summed E-state index contributed by atoms with van der Waals surface area (Å²) in [5, 5.41) is 11.9. The molecule has 0 unspecified atom stereocenters. The summed E-state index contributed by atoms with van der Waals surface area (Å²) in [6, 6.07) is 40.9. The van der Waals surface area contributed by atoms with E-state index in [0.29, 0.717) is 65.2 Å². The lowest BCUT2D eigenvalue weighted by molar-refractivity contribution is 0.0238. The Labute approximate surface area is 401 Å². The quantitative estimate of drug-likeness (QED) is 0.0462. The van der Waals surface area contributed by atoms with Crippen molar-refractivity contribution in [2.45, 2.75) is 122 Å². The number of urea groups is 2. The van der Waals surface area contributed by atoms with Crippen LogP contribution in [0.5, 0.6) is 0 Å². The fourth-order valence-electron chi connectivity index (χ4n) is 7.90. The van der Waals surface area contributed by atoms with E-state index in [4.69, 9.17) is 9.47 Å². The van der Waals surface area contributed by atoms with Gasteiger partial charge in [0.05, 0.1) is 0 Å². The average molecular weight is 919 g/mol. The van der Waals surface area contributed by atoms with Gasteiger partial charge in [0, 0.05) is 64.2 Å². The highest BCUT2D eigenvalue weighted by Gasteiger charge is 2.24. The van der Waals surface area contributed by atoms with E-state index in [0.717, 1.165) is 44.9 Å². The molecule has 4 aromatic rings. The molecule has 0 aliphatic carbocycles. The van der Waals surface area contributed by atoms with Crippen LogP contribution in [0.15, 0.2) is 121 Å². The van der Waals surface area contributed by atoms with Gasteiger partial charge in [-0.2, -0.15) is 0 Å². The van der Waals surface area contributed by atoms with Crippen molar-refractivity contribution >= 4 is 24.2 Å². The molecule has 0 aromatic heterocycles. The van der Waals surface area contributed by atoms with Crippen molar-refractivity contribution in [3.63, 3.8) is 0 Å². The van der Waals surface area contributed by atoms with Crippen LogP contribution in [0.2, 0.25) is 0 Å². The van der Waals surface area contributed by atoms with E-state index < -0.39 is 11.2 Å². The Morgan fingerprint density at radius 3 is 0.970 bits per heavy atom. The van der Waals surface area contributed by atoms with Gasteiger partial charge in [-0.25, -0.2) is 19.2 Å². The van der Waals surface area contributed by atoms with Crippen LogP contribution in [0.3, 0.4) is 0 Å². The number of benzene rings is 4. The summed E-state index contributed by atoms with van der Waals surface area (Å²) >= 11 is 0. The molecular formula is C55H78N6O6. The van der Waals surface area contributed by atoms with E-state index in [1.807, 2.05) is 114 Å². The molecule has 0 saturated carbocycles. The molecule has 67 heavy (non-hydrogen) atoms. The number of amides is 6. The highest BCUT2D eigenvalue weighted by Crippen LogP contribution is 2.28. The highest BCUT2D eigenvalue weighted by molar-refractivity contribution is 5.74. The number of hydrogen-bond acceptors (Lipinski definition) is 6. The zero-order valence-corrected chi connectivity index (χ0v) is 41.1. The number of ether oxygens (including phenoxy) is 2. The van der Waals surface area contributed by atoms with Crippen molar-refractivity contribution in [2.24, 2.45) is 0 Å². The van der Waals surface area contributed by atoms with Gasteiger partial charge in [0.2, 0.25) is 0 Å². The third-order valence-electron chi connectivity index (χ3n) is 11.2. The van der Waals surface area contributed by atoms with Crippen LogP contribution in [0.4, 0.5) is 19.2 Å². The first-order chi connectivity index (χ1) is 32.2. The minimum atomic E-state index is -0.622. The van der Waals surface area contributed by atoms with Crippen LogP contribution >= 0.6 is 0 Å². The molecule has 4 rings (SSSR count). The molecular weight excluding hydrogens is 841 g/mol. The van der Waals surface area contributed by atoms with E-state index >= 15 is 0 Å². The predicted molar refractivity (Wildman–Crippen MR) is 269 cm³/mol. The standard InChI is InChI=1S/C55H78N6O6/c1-54(2,3)66-52(64)60(42-24-36-56-50(62)58-38-34-48(44-26-14-10-15-27-44)45-28-16-11-17-29-45)40-22-8-7-9-23-41-61(53(65)67-55(4,5)6)43-25-37-57-51(63)59-39-35-49(46-30-18-12-19-31-46)47-32-20-13-21-33-47/h10-21,26-33,48-49H,7-9,22-25,34-43H2,1-6H3,(H2,56,58,62)(H2,57,59,63). The SMILES string of the molecule is CC(C)(C)OC(=O)N(CCCCCCCN(CCCNC(=O)NCCC(c1ccccc1)c1ccccc1)C(=O)OC(C)(C)C)CCCNC(=O)NCCC(c1ccccc1)c1ccccc1. The summed E-state index contributed by atoms with van der Waals surface area (Å²) in [6.07, 6.45) is 6.38. The van der Waals surface area contributed by atoms with Gasteiger partial charge in [-0.15, -0.1) is 0 Å². The molecule has 0 radical (unpaired) electrons. The van der Waals surface area contributed by atoms with Crippen molar-refractivity contribution < 1.29 is 28.7 Å². The third-order valence-corrected chi connectivity index (χ3v) is 11.2. The first-order valence-corrected chi connectivity index (χ1v) is 24.4. The van der Waals surface area contributed by atoms with Crippen molar-refractivity contribution in [1.29, 1.82) is 0 Å². The van der Waals surface area contributed by atoms with Crippen LogP contribution in [0.1, 0.15) is 133 Å². The normalized spacial score (nSPS) is 11.5. The summed E-state index contributed by atoms with van der Waals surface area (Å²) in [6.45, 7) is 15.1. The minimum absolute atomic E-state index is 0.175. The maximum absolute atomic E-state index is 13.2. The smallest absolute Gasteiger partial charge is 0.410 e. The fraction of sp³-hybridized carbons (Fsp3) is 0.491. The second-order valence-electron chi connectivity index (χ2n) is 19.1. The zero-order valence-electron chi connectivity index (χ0n) is 41.1. The maximum Gasteiger partial charge on any atom is 0.410 e. The molecule has 0 heterocycles. The molecule has 0 fully saturated rings. The first kappa shape index (κ1) is 53.6. The Bertz CT molecular complexity index is 1780. The Morgan fingerprint density at radius 2 is 0.672 bits per heavy atom. The van der Waals surface area contributed by atoms with Gasteiger partial charge < -0.3 is 40.5 Å². The summed E-state index contributed by atoms with van der Waals surface area (Å²) in [5.74, 6) is 0.349. The number of nitrogens with one attached hydrogen (secondary N) is 4. The molecule has 0 bridgehead atoms. The fourth-order valence-corrected chi connectivity index (χ4v) is 7.90. The van der Waals surface area contributed by atoms with Gasteiger partial charge in [0.25, 0.3) is 0 Å². The summed E-state index contributed by atoms with van der Waals surface area (Å²) in [4.78, 5) is 55.3.